The minimum absolute atomic E-state index is 0.277. The van der Waals surface area contributed by atoms with Crippen molar-refractivity contribution in [2.75, 3.05) is 13.2 Å². The number of rotatable bonds is 2. The summed E-state index contributed by atoms with van der Waals surface area (Å²) in [6, 6.07) is 6.04. The third-order valence-electron chi connectivity index (χ3n) is 3.34. The van der Waals surface area contributed by atoms with Crippen LogP contribution in [0.2, 0.25) is 0 Å². The Balaban J connectivity index is 2.52. The van der Waals surface area contributed by atoms with Gasteiger partial charge in [-0.3, -0.25) is 0 Å². The van der Waals surface area contributed by atoms with Gasteiger partial charge in [-0.05, 0) is 43.5 Å². The van der Waals surface area contributed by atoms with Gasteiger partial charge in [-0.2, -0.15) is 0 Å². The second-order valence-corrected chi connectivity index (χ2v) is 4.71. The molecule has 2 nitrogen and oxygen atoms in total. The van der Waals surface area contributed by atoms with Crippen molar-refractivity contribution in [1.82, 2.24) is 5.32 Å². The Labute approximate surface area is 95.5 Å². The van der Waals surface area contributed by atoms with Gasteiger partial charge in [-0.25, -0.2) is 4.39 Å². The van der Waals surface area contributed by atoms with Gasteiger partial charge in [0.1, 0.15) is 12.3 Å². The van der Waals surface area contributed by atoms with Gasteiger partial charge in [0.05, 0.1) is 0 Å². The molecule has 2 rings (SSSR count). The van der Waals surface area contributed by atoms with Crippen LogP contribution in [-0.2, 0) is 12.0 Å². The average molecular weight is 223 g/mol. The zero-order valence-corrected chi connectivity index (χ0v) is 9.76. The van der Waals surface area contributed by atoms with Gasteiger partial charge in [0.15, 0.2) is 0 Å². The minimum atomic E-state index is -1.36. The molecule has 0 aromatic heterocycles. The quantitative estimate of drug-likeness (QED) is 0.804. The molecule has 88 valence electrons. The van der Waals surface area contributed by atoms with Gasteiger partial charge >= 0.3 is 0 Å². The van der Waals surface area contributed by atoms with Crippen molar-refractivity contribution in [3.8, 4) is 0 Å². The Morgan fingerprint density at radius 2 is 2.31 bits per heavy atom. The van der Waals surface area contributed by atoms with Crippen molar-refractivity contribution in [3.05, 3.63) is 34.9 Å². The van der Waals surface area contributed by atoms with Gasteiger partial charge in [0.25, 0.3) is 0 Å². The predicted molar refractivity (Wildman–Crippen MR) is 62.1 cm³/mol. The lowest BCUT2D eigenvalue weighted by molar-refractivity contribution is 0.0289. The molecular formula is C13H18FNO. The highest BCUT2D eigenvalue weighted by Gasteiger charge is 2.29. The van der Waals surface area contributed by atoms with Crippen molar-refractivity contribution in [2.45, 2.75) is 31.9 Å². The molecule has 1 aromatic rings. The van der Waals surface area contributed by atoms with Crippen LogP contribution in [0.3, 0.4) is 0 Å². The number of hydrogen-bond acceptors (Lipinski definition) is 2. The number of halogens is 1. The molecule has 3 heteroatoms. The predicted octanol–water partition coefficient (Wildman–Crippen LogP) is 2.07. The zero-order valence-electron chi connectivity index (χ0n) is 9.76. The van der Waals surface area contributed by atoms with Crippen LogP contribution in [0.25, 0.3) is 0 Å². The van der Waals surface area contributed by atoms with Crippen molar-refractivity contribution >= 4 is 0 Å². The van der Waals surface area contributed by atoms with Gasteiger partial charge in [-0.1, -0.05) is 18.2 Å². The molecule has 0 spiro atoms. The summed E-state index contributed by atoms with van der Waals surface area (Å²) >= 11 is 0. The third kappa shape index (κ3) is 1.85. The molecule has 1 aliphatic rings. The second-order valence-electron chi connectivity index (χ2n) is 4.71. The Bertz CT molecular complexity index is 390. The Morgan fingerprint density at radius 1 is 1.56 bits per heavy atom. The minimum Gasteiger partial charge on any atom is -0.383 e. The largest absolute Gasteiger partial charge is 0.383 e. The van der Waals surface area contributed by atoms with E-state index in [4.69, 9.17) is 0 Å². The molecule has 2 N–H and O–H groups in total. The Kier molecular flexibility index (Phi) is 3.00. The number of nitrogens with one attached hydrogen (secondary N) is 1. The molecule has 0 amide bonds. The van der Waals surface area contributed by atoms with E-state index >= 15 is 0 Å². The normalized spacial score (nSPS) is 23.6. The molecule has 0 saturated carbocycles. The fourth-order valence-electron chi connectivity index (χ4n) is 2.39. The topological polar surface area (TPSA) is 32.3 Å². The molecule has 0 fully saturated rings. The third-order valence-corrected chi connectivity index (χ3v) is 3.34. The first-order valence-electron chi connectivity index (χ1n) is 5.70. The Morgan fingerprint density at radius 3 is 3.00 bits per heavy atom. The lowest BCUT2D eigenvalue weighted by atomic mass is 9.84. The number of fused-ring (bicyclic) bond motifs is 1. The molecule has 1 heterocycles. The molecule has 0 bridgehead atoms. The van der Waals surface area contributed by atoms with E-state index in [1.54, 1.807) is 0 Å². The summed E-state index contributed by atoms with van der Waals surface area (Å²) in [5.74, 6) is 0. The van der Waals surface area contributed by atoms with Crippen molar-refractivity contribution in [1.29, 1.82) is 0 Å². The molecule has 0 radical (unpaired) electrons. The standard InChI is InChI=1S/C13H18FNO/c1-9-10-4-3-5-12(13(2,16)8-14)11(10)6-7-15-9/h3-5,9,15-16H,6-8H2,1-2H3/t9?,13-/m1/s1. The van der Waals surface area contributed by atoms with Crippen LogP contribution >= 0.6 is 0 Å². The number of benzene rings is 1. The maximum atomic E-state index is 12.9. The molecule has 2 atom stereocenters. The van der Waals surface area contributed by atoms with E-state index in [2.05, 4.69) is 12.2 Å². The van der Waals surface area contributed by atoms with E-state index in [-0.39, 0.29) is 6.04 Å². The van der Waals surface area contributed by atoms with Crippen LogP contribution in [0.5, 0.6) is 0 Å². The van der Waals surface area contributed by atoms with Crippen LogP contribution in [0.1, 0.15) is 36.6 Å². The van der Waals surface area contributed by atoms with Gasteiger partial charge < -0.3 is 10.4 Å². The smallest absolute Gasteiger partial charge is 0.122 e. The van der Waals surface area contributed by atoms with Crippen LogP contribution in [0.4, 0.5) is 4.39 Å². The van der Waals surface area contributed by atoms with Gasteiger partial charge in [0, 0.05) is 6.04 Å². The molecule has 0 aliphatic carbocycles. The fraction of sp³-hybridized carbons (Fsp3) is 0.538. The van der Waals surface area contributed by atoms with E-state index in [1.807, 2.05) is 18.2 Å². The maximum Gasteiger partial charge on any atom is 0.122 e. The highest BCUT2D eigenvalue weighted by Crippen LogP contribution is 2.32. The number of aliphatic hydroxyl groups is 1. The summed E-state index contributed by atoms with van der Waals surface area (Å²) < 4.78 is 12.9. The Hall–Kier alpha value is -0.930. The molecule has 16 heavy (non-hydrogen) atoms. The fourth-order valence-corrected chi connectivity index (χ4v) is 2.39. The summed E-state index contributed by atoms with van der Waals surface area (Å²) in [4.78, 5) is 0. The van der Waals surface area contributed by atoms with Gasteiger partial charge in [-0.15, -0.1) is 0 Å². The van der Waals surface area contributed by atoms with Crippen LogP contribution in [-0.4, -0.2) is 18.3 Å². The zero-order chi connectivity index (χ0) is 11.8. The summed E-state index contributed by atoms with van der Waals surface area (Å²) in [7, 11) is 0. The molecule has 1 aliphatic heterocycles. The van der Waals surface area contributed by atoms with Crippen molar-refractivity contribution < 1.29 is 9.50 Å². The molecule has 0 saturated heterocycles. The van der Waals surface area contributed by atoms with Crippen molar-refractivity contribution in [2.24, 2.45) is 0 Å². The summed E-state index contributed by atoms with van der Waals surface area (Å²) in [6.07, 6.45) is 0.853. The number of hydrogen-bond donors (Lipinski definition) is 2. The molecule has 1 aromatic carbocycles. The first-order valence-corrected chi connectivity index (χ1v) is 5.70. The van der Waals surface area contributed by atoms with Crippen LogP contribution in [0.15, 0.2) is 18.2 Å². The first-order chi connectivity index (χ1) is 7.56. The van der Waals surface area contributed by atoms with E-state index in [0.717, 1.165) is 24.1 Å². The number of alkyl halides is 1. The SMILES string of the molecule is CC1NCCc2c1cccc2[C@](C)(O)CF. The van der Waals surface area contributed by atoms with E-state index in [1.165, 1.54) is 12.5 Å². The molecular weight excluding hydrogens is 205 g/mol. The second kappa shape index (κ2) is 4.15. The lowest BCUT2D eigenvalue weighted by Gasteiger charge is -2.30. The highest BCUT2D eigenvalue weighted by atomic mass is 19.1. The first kappa shape index (κ1) is 11.6. The summed E-state index contributed by atoms with van der Waals surface area (Å²) in [5.41, 5.74) is 1.66. The maximum absolute atomic E-state index is 12.9. The lowest BCUT2D eigenvalue weighted by Crippen LogP contribution is -2.32. The van der Waals surface area contributed by atoms with E-state index < -0.39 is 12.3 Å². The highest BCUT2D eigenvalue weighted by molar-refractivity contribution is 5.41. The van der Waals surface area contributed by atoms with Crippen LogP contribution in [0, 0.1) is 0 Å². The van der Waals surface area contributed by atoms with Crippen molar-refractivity contribution in [3.63, 3.8) is 0 Å². The van der Waals surface area contributed by atoms with Crippen LogP contribution < -0.4 is 5.32 Å². The monoisotopic (exact) mass is 223 g/mol. The van der Waals surface area contributed by atoms with Gasteiger partial charge in [0.2, 0.25) is 0 Å². The molecule has 1 unspecified atom stereocenters. The average Bonchev–Trinajstić information content (AvgIpc) is 2.29. The summed E-state index contributed by atoms with van der Waals surface area (Å²) in [6.45, 7) is 3.76. The van der Waals surface area contributed by atoms with E-state index in [9.17, 15) is 9.50 Å². The van der Waals surface area contributed by atoms with E-state index in [0.29, 0.717) is 0 Å². The summed E-state index contributed by atoms with van der Waals surface area (Å²) in [5, 5.41) is 13.4.